The molecule has 0 bridgehead atoms. The van der Waals surface area contributed by atoms with Crippen molar-refractivity contribution in [2.24, 2.45) is 5.84 Å². The van der Waals surface area contributed by atoms with Gasteiger partial charge in [-0.1, -0.05) is 6.92 Å². The molecule has 0 spiro atoms. The van der Waals surface area contributed by atoms with Crippen LogP contribution in [0.3, 0.4) is 0 Å². The van der Waals surface area contributed by atoms with Gasteiger partial charge in [0, 0.05) is 25.5 Å². The maximum absolute atomic E-state index is 12.4. The fourth-order valence-electron chi connectivity index (χ4n) is 1.56. The average Bonchev–Trinajstić information content (AvgIpc) is 2.38. The van der Waals surface area contributed by atoms with E-state index in [1.54, 1.807) is 0 Å². The molecule has 0 aromatic carbocycles. The van der Waals surface area contributed by atoms with E-state index in [9.17, 15) is 8.42 Å². The average molecular weight is 274 g/mol. The monoisotopic (exact) mass is 274 g/mol. The SMILES string of the molecule is CCCN(CCO)S(=O)(=O)c1cnccc1NN. The predicted molar refractivity (Wildman–Crippen MR) is 68.2 cm³/mol. The zero-order valence-electron chi connectivity index (χ0n) is 10.2. The second-order valence-corrected chi connectivity index (χ2v) is 5.55. The molecule has 4 N–H and O–H groups in total. The predicted octanol–water partition coefficient (Wildman–Crippen LogP) is -0.240. The van der Waals surface area contributed by atoms with Gasteiger partial charge in [-0.2, -0.15) is 4.31 Å². The van der Waals surface area contributed by atoms with E-state index in [0.717, 1.165) is 0 Å². The van der Waals surface area contributed by atoms with Crippen LogP contribution >= 0.6 is 0 Å². The molecule has 0 saturated heterocycles. The third kappa shape index (κ3) is 3.16. The molecule has 1 heterocycles. The lowest BCUT2D eigenvalue weighted by molar-refractivity contribution is 0.253. The van der Waals surface area contributed by atoms with E-state index in [1.807, 2.05) is 6.92 Å². The second kappa shape index (κ2) is 6.64. The highest BCUT2D eigenvalue weighted by Gasteiger charge is 2.26. The molecule has 8 heteroatoms. The number of aliphatic hydroxyl groups is 1. The van der Waals surface area contributed by atoms with Crippen LogP contribution in [0.5, 0.6) is 0 Å². The Morgan fingerprint density at radius 1 is 1.50 bits per heavy atom. The largest absolute Gasteiger partial charge is 0.395 e. The van der Waals surface area contributed by atoms with Crippen LogP contribution < -0.4 is 11.3 Å². The van der Waals surface area contributed by atoms with Crippen molar-refractivity contribution in [3.8, 4) is 0 Å². The van der Waals surface area contributed by atoms with Crippen LogP contribution in [0.4, 0.5) is 5.69 Å². The minimum atomic E-state index is -3.70. The molecule has 0 unspecified atom stereocenters. The standard InChI is InChI=1S/C10H18N4O3S/c1-2-5-14(6-7-15)18(16,17)10-8-12-4-3-9(10)13-11/h3-4,8,15H,2,5-7,11H2,1H3,(H,12,13). The Morgan fingerprint density at radius 3 is 2.78 bits per heavy atom. The van der Waals surface area contributed by atoms with E-state index >= 15 is 0 Å². The first-order valence-electron chi connectivity index (χ1n) is 5.59. The summed E-state index contributed by atoms with van der Waals surface area (Å²) in [6.45, 7) is 2.02. The number of nitrogens with zero attached hydrogens (tertiary/aromatic N) is 2. The number of nitrogens with two attached hydrogens (primary N) is 1. The van der Waals surface area contributed by atoms with E-state index in [0.29, 0.717) is 13.0 Å². The zero-order valence-corrected chi connectivity index (χ0v) is 11.0. The summed E-state index contributed by atoms with van der Waals surface area (Å²) in [5, 5.41) is 8.94. The van der Waals surface area contributed by atoms with Gasteiger partial charge in [-0.05, 0) is 12.5 Å². The van der Waals surface area contributed by atoms with Gasteiger partial charge in [0.25, 0.3) is 0 Å². The van der Waals surface area contributed by atoms with Gasteiger partial charge < -0.3 is 10.5 Å². The van der Waals surface area contributed by atoms with Crippen molar-refractivity contribution in [2.45, 2.75) is 18.2 Å². The first-order valence-corrected chi connectivity index (χ1v) is 7.03. The van der Waals surface area contributed by atoms with Gasteiger partial charge in [0.15, 0.2) is 0 Å². The van der Waals surface area contributed by atoms with Crippen molar-refractivity contribution >= 4 is 15.7 Å². The van der Waals surface area contributed by atoms with Gasteiger partial charge in [0.2, 0.25) is 10.0 Å². The summed E-state index contributed by atoms with van der Waals surface area (Å²) < 4.78 is 26.0. The summed E-state index contributed by atoms with van der Waals surface area (Å²) in [5.74, 6) is 5.29. The number of anilines is 1. The molecule has 0 saturated carbocycles. The molecule has 0 radical (unpaired) electrons. The lowest BCUT2D eigenvalue weighted by Crippen LogP contribution is -2.35. The molecule has 0 aliphatic carbocycles. The number of sulfonamides is 1. The third-order valence-electron chi connectivity index (χ3n) is 2.38. The first-order chi connectivity index (χ1) is 8.57. The zero-order chi connectivity index (χ0) is 13.6. The molecule has 0 aliphatic heterocycles. The van der Waals surface area contributed by atoms with Crippen LogP contribution in [-0.4, -0.2) is 42.5 Å². The summed E-state index contributed by atoms with van der Waals surface area (Å²) in [6, 6.07) is 1.48. The Kier molecular flexibility index (Phi) is 5.48. The Balaban J connectivity index is 3.17. The van der Waals surface area contributed by atoms with Crippen LogP contribution in [0.2, 0.25) is 0 Å². The minimum Gasteiger partial charge on any atom is -0.395 e. The molecule has 0 aliphatic rings. The van der Waals surface area contributed by atoms with Crippen molar-refractivity contribution < 1.29 is 13.5 Å². The quantitative estimate of drug-likeness (QED) is 0.468. The van der Waals surface area contributed by atoms with Crippen LogP contribution in [-0.2, 0) is 10.0 Å². The van der Waals surface area contributed by atoms with E-state index in [-0.39, 0.29) is 23.7 Å². The van der Waals surface area contributed by atoms with Gasteiger partial charge in [0.1, 0.15) is 4.90 Å². The number of nitrogen functional groups attached to an aromatic ring is 1. The van der Waals surface area contributed by atoms with Crippen molar-refractivity contribution in [1.29, 1.82) is 0 Å². The summed E-state index contributed by atoms with van der Waals surface area (Å²) in [7, 11) is -3.70. The molecule has 7 nitrogen and oxygen atoms in total. The summed E-state index contributed by atoms with van der Waals surface area (Å²) in [5.41, 5.74) is 2.61. The molecule has 102 valence electrons. The van der Waals surface area contributed by atoms with Crippen molar-refractivity contribution in [2.75, 3.05) is 25.1 Å². The molecule has 1 aromatic rings. The maximum Gasteiger partial charge on any atom is 0.246 e. The molecule has 0 amide bonds. The van der Waals surface area contributed by atoms with Gasteiger partial charge in [0.05, 0.1) is 12.3 Å². The first kappa shape index (κ1) is 14.8. The Labute approximate surface area is 107 Å². The van der Waals surface area contributed by atoms with Gasteiger partial charge in [-0.3, -0.25) is 10.8 Å². The van der Waals surface area contributed by atoms with E-state index < -0.39 is 10.0 Å². The van der Waals surface area contributed by atoms with E-state index in [4.69, 9.17) is 10.9 Å². The van der Waals surface area contributed by atoms with Crippen LogP contribution in [0.15, 0.2) is 23.4 Å². The molecule has 0 fully saturated rings. The molecule has 18 heavy (non-hydrogen) atoms. The van der Waals surface area contributed by atoms with E-state index in [2.05, 4.69) is 10.4 Å². The number of pyridine rings is 1. The van der Waals surface area contributed by atoms with Crippen molar-refractivity contribution in [3.63, 3.8) is 0 Å². The lowest BCUT2D eigenvalue weighted by atomic mass is 10.4. The topological polar surface area (TPSA) is 109 Å². The lowest BCUT2D eigenvalue weighted by Gasteiger charge is -2.21. The van der Waals surface area contributed by atoms with Crippen molar-refractivity contribution in [1.82, 2.24) is 9.29 Å². The number of nitrogens with one attached hydrogen (secondary N) is 1. The minimum absolute atomic E-state index is 0.00870. The summed E-state index contributed by atoms with van der Waals surface area (Å²) in [4.78, 5) is 3.81. The number of aromatic nitrogens is 1. The molecule has 1 aromatic heterocycles. The number of aliphatic hydroxyl groups excluding tert-OH is 1. The van der Waals surface area contributed by atoms with Gasteiger partial charge in [-0.15, -0.1) is 0 Å². The normalized spacial score (nSPS) is 11.8. The highest BCUT2D eigenvalue weighted by atomic mass is 32.2. The van der Waals surface area contributed by atoms with Gasteiger partial charge in [-0.25, -0.2) is 8.42 Å². The van der Waals surface area contributed by atoms with Crippen LogP contribution in [0.1, 0.15) is 13.3 Å². The number of hydrogen-bond acceptors (Lipinski definition) is 6. The molecule has 0 atom stereocenters. The van der Waals surface area contributed by atoms with Crippen LogP contribution in [0, 0.1) is 0 Å². The Hall–Kier alpha value is -1.22. The smallest absolute Gasteiger partial charge is 0.246 e. The number of rotatable bonds is 7. The van der Waals surface area contributed by atoms with E-state index in [1.165, 1.54) is 22.8 Å². The molecular formula is C10H18N4O3S. The maximum atomic E-state index is 12.4. The molecular weight excluding hydrogens is 256 g/mol. The Bertz CT molecular complexity index is 472. The highest BCUT2D eigenvalue weighted by molar-refractivity contribution is 7.89. The Morgan fingerprint density at radius 2 is 2.22 bits per heavy atom. The molecule has 1 rings (SSSR count). The number of hydrazine groups is 1. The summed E-state index contributed by atoms with van der Waals surface area (Å²) >= 11 is 0. The van der Waals surface area contributed by atoms with Crippen LogP contribution in [0.25, 0.3) is 0 Å². The fraction of sp³-hybridized carbons (Fsp3) is 0.500. The fourth-order valence-corrected chi connectivity index (χ4v) is 3.18. The number of hydrogen-bond donors (Lipinski definition) is 3. The second-order valence-electron chi connectivity index (χ2n) is 3.64. The summed E-state index contributed by atoms with van der Waals surface area (Å²) in [6.07, 6.45) is 3.35. The third-order valence-corrected chi connectivity index (χ3v) is 4.31. The van der Waals surface area contributed by atoms with Crippen molar-refractivity contribution in [3.05, 3.63) is 18.5 Å². The highest BCUT2D eigenvalue weighted by Crippen LogP contribution is 2.22. The van der Waals surface area contributed by atoms with Gasteiger partial charge >= 0.3 is 0 Å².